The molecule has 8 nitrogen and oxygen atoms in total. The molecule has 9 heteroatoms. The molecule has 1 saturated heterocycles. The fraction of sp³-hybridized carbons (Fsp3) is 0.280. The molecule has 2 aromatic carbocycles. The van der Waals surface area contributed by atoms with Crippen molar-refractivity contribution in [3.63, 3.8) is 0 Å². The summed E-state index contributed by atoms with van der Waals surface area (Å²) >= 11 is 0. The van der Waals surface area contributed by atoms with Crippen LogP contribution in [0.5, 0.6) is 5.75 Å². The molecule has 2 bridgehead atoms. The molecule has 1 fully saturated rings. The van der Waals surface area contributed by atoms with E-state index in [9.17, 15) is 18.0 Å². The number of anilines is 1. The molecule has 0 spiro atoms. The van der Waals surface area contributed by atoms with Crippen LogP contribution in [0, 0.1) is 5.92 Å². The molecule has 1 aromatic heterocycles. The number of rotatable bonds is 5. The van der Waals surface area contributed by atoms with Gasteiger partial charge in [-0.25, -0.2) is 8.42 Å². The molecule has 2 atom stereocenters. The minimum Gasteiger partial charge on any atom is -0.497 e. The molecule has 5 rings (SSSR count). The summed E-state index contributed by atoms with van der Waals surface area (Å²) < 4.78 is 35.2. The molecular formula is C25H25N3O5S. The Labute approximate surface area is 197 Å². The van der Waals surface area contributed by atoms with E-state index >= 15 is 0 Å². The van der Waals surface area contributed by atoms with Crippen LogP contribution in [-0.2, 0) is 16.6 Å². The van der Waals surface area contributed by atoms with Crippen molar-refractivity contribution in [2.24, 2.45) is 5.92 Å². The molecule has 3 aromatic rings. The van der Waals surface area contributed by atoms with Gasteiger partial charge in [-0.3, -0.25) is 9.59 Å². The van der Waals surface area contributed by atoms with Crippen molar-refractivity contribution in [1.82, 2.24) is 8.87 Å². The quantitative estimate of drug-likeness (QED) is 0.607. The lowest BCUT2D eigenvalue weighted by atomic mass is 9.84. The lowest BCUT2D eigenvalue weighted by Gasteiger charge is -2.42. The van der Waals surface area contributed by atoms with Crippen LogP contribution in [-0.4, -0.2) is 43.4 Å². The van der Waals surface area contributed by atoms with E-state index < -0.39 is 10.0 Å². The van der Waals surface area contributed by atoms with E-state index in [-0.39, 0.29) is 28.2 Å². The molecule has 0 aliphatic carbocycles. The summed E-state index contributed by atoms with van der Waals surface area (Å²) in [6.07, 6.45) is 0.880. The number of benzene rings is 2. The molecule has 3 heterocycles. The van der Waals surface area contributed by atoms with Gasteiger partial charge in [0.1, 0.15) is 5.75 Å². The van der Waals surface area contributed by atoms with E-state index in [1.54, 1.807) is 53.1 Å². The number of aromatic nitrogens is 1. The van der Waals surface area contributed by atoms with E-state index in [0.717, 1.165) is 12.1 Å². The fourth-order valence-corrected chi connectivity index (χ4v) is 6.44. The second-order valence-electron chi connectivity index (χ2n) is 8.73. The third kappa shape index (κ3) is 4.12. The third-order valence-electron chi connectivity index (χ3n) is 6.53. The number of nitrogens with one attached hydrogen (secondary N) is 1. The van der Waals surface area contributed by atoms with Gasteiger partial charge in [-0.1, -0.05) is 12.1 Å². The molecule has 2 aliphatic heterocycles. The number of methoxy groups -OCH3 is 1. The van der Waals surface area contributed by atoms with Crippen molar-refractivity contribution in [2.45, 2.75) is 23.8 Å². The monoisotopic (exact) mass is 479 g/mol. The Bertz CT molecular complexity index is 1400. The second-order valence-corrected chi connectivity index (χ2v) is 10.7. The number of carbonyl (C=O) groups excluding carboxylic acids is 1. The maximum Gasteiger partial charge on any atom is 0.255 e. The Balaban J connectivity index is 1.32. The van der Waals surface area contributed by atoms with Crippen molar-refractivity contribution in [3.05, 3.63) is 88.3 Å². The first kappa shape index (κ1) is 22.4. The second kappa shape index (κ2) is 8.73. The van der Waals surface area contributed by atoms with Gasteiger partial charge in [0.25, 0.3) is 11.5 Å². The molecule has 0 saturated carbocycles. The molecule has 2 unspecified atom stereocenters. The molecular weight excluding hydrogens is 454 g/mol. The van der Waals surface area contributed by atoms with Gasteiger partial charge < -0.3 is 14.6 Å². The lowest BCUT2D eigenvalue weighted by molar-refractivity contribution is 0.102. The standard InChI is InChI=1S/C25H25N3O5S/c1-33-21-5-2-4-18(13-21)25(30)26-20-8-10-22(11-9-20)34(31,32)27-14-17-12-19(16-27)23-6-3-7-24(29)28(23)15-17/h2-11,13,17,19H,12,14-16H2,1H3,(H,26,30). The summed E-state index contributed by atoms with van der Waals surface area (Å²) in [4.78, 5) is 24.9. The van der Waals surface area contributed by atoms with Gasteiger partial charge in [-0.15, -0.1) is 0 Å². The number of ether oxygens (including phenoxy) is 1. The molecule has 1 amide bonds. The summed E-state index contributed by atoms with van der Waals surface area (Å²) in [6, 6.07) is 18.2. The van der Waals surface area contributed by atoms with Crippen LogP contribution in [0.4, 0.5) is 5.69 Å². The van der Waals surface area contributed by atoms with Gasteiger partial charge in [0.15, 0.2) is 0 Å². The minimum absolute atomic E-state index is 0.00222. The van der Waals surface area contributed by atoms with Gasteiger partial charge >= 0.3 is 0 Å². The minimum atomic E-state index is -3.71. The molecule has 176 valence electrons. The average molecular weight is 480 g/mol. The van der Waals surface area contributed by atoms with Crippen molar-refractivity contribution in [3.8, 4) is 5.75 Å². The van der Waals surface area contributed by atoms with Crippen molar-refractivity contribution < 1.29 is 17.9 Å². The highest BCUT2D eigenvalue weighted by atomic mass is 32.2. The van der Waals surface area contributed by atoms with Crippen LogP contribution < -0.4 is 15.6 Å². The largest absolute Gasteiger partial charge is 0.497 e. The average Bonchev–Trinajstić information content (AvgIpc) is 2.85. The normalized spacial score (nSPS) is 19.8. The van der Waals surface area contributed by atoms with Crippen LogP contribution in [0.15, 0.2) is 76.4 Å². The van der Waals surface area contributed by atoms with Crippen molar-refractivity contribution in [1.29, 1.82) is 0 Å². The van der Waals surface area contributed by atoms with Crippen LogP contribution in [0.25, 0.3) is 0 Å². The number of piperidine rings is 1. The van der Waals surface area contributed by atoms with E-state index in [2.05, 4.69) is 5.32 Å². The Morgan fingerprint density at radius 3 is 2.53 bits per heavy atom. The van der Waals surface area contributed by atoms with Crippen LogP contribution in [0.3, 0.4) is 0 Å². The number of carbonyl (C=O) groups is 1. The number of fused-ring (bicyclic) bond motifs is 4. The van der Waals surface area contributed by atoms with E-state index in [1.807, 2.05) is 6.07 Å². The number of nitrogens with zero attached hydrogens (tertiary/aromatic N) is 2. The number of hydrogen-bond donors (Lipinski definition) is 1. The van der Waals surface area contributed by atoms with Crippen molar-refractivity contribution in [2.75, 3.05) is 25.5 Å². The zero-order valence-electron chi connectivity index (χ0n) is 18.7. The predicted molar refractivity (Wildman–Crippen MR) is 128 cm³/mol. The number of pyridine rings is 1. The lowest BCUT2D eigenvalue weighted by Crippen LogP contribution is -2.48. The van der Waals surface area contributed by atoms with Gasteiger partial charge in [0.05, 0.1) is 12.0 Å². The highest BCUT2D eigenvalue weighted by Crippen LogP contribution is 2.37. The van der Waals surface area contributed by atoms with Gasteiger partial charge in [-0.05, 0) is 60.9 Å². The highest BCUT2D eigenvalue weighted by Gasteiger charge is 2.39. The summed E-state index contributed by atoms with van der Waals surface area (Å²) in [5, 5.41) is 2.78. The zero-order valence-corrected chi connectivity index (χ0v) is 19.5. The maximum atomic E-state index is 13.4. The number of hydrogen-bond acceptors (Lipinski definition) is 5. The van der Waals surface area contributed by atoms with Crippen molar-refractivity contribution >= 4 is 21.6 Å². The van der Waals surface area contributed by atoms with Crippen LogP contribution >= 0.6 is 0 Å². The summed E-state index contributed by atoms with van der Waals surface area (Å²) in [5.74, 6) is 0.361. The fourth-order valence-electron chi connectivity index (χ4n) is 4.88. The van der Waals surface area contributed by atoms with E-state index in [1.165, 1.54) is 23.5 Å². The van der Waals surface area contributed by atoms with Gasteiger partial charge in [-0.2, -0.15) is 4.31 Å². The predicted octanol–water partition coefficient (Wildman–Crippen LogP) is 2.92. The highest BCUT2D eigenvalue weighted by molar-refractivity contribution is 7.89. The first-order valence-electron chi connectivity index (χ1n) is 11.1. The van der Waals surface area contributed by atoms with Crippen LogP contribution in [0.2, 0.25) is 0 Å². The zero-order chi connectivity index (χ0) is 23.9. The molecule has 2 aliphatic rings. The van der Waals surface area contributed by atoms with Gasteiger partial charge in [0, 0.05) is 48.6 Å². The smallest absolute Gasteiger partial charge is 0.255 e. The molecule has 0 radical (unpaired) electrons. The third-order valence-corrected chi connectivity index (χ3v) is 8.37. The number of amides is 1. The Kier molecular flexibility index (Phi) is 5.75. The Hall–Kier alpha value is -3.43. The molecule has 34 heavy (non-hydrogen) atoms. The maximum absolute atomic E-state index is 13.4. The van der Waals surface area contributed by atoms with Crippen LogP contribution in [0.1, 0.15) is 28.4 Å². The summed E-state index contributed by atoms with van der Waals surface area (Å²) in [7, 11) is -2.17. The topological polar surface area (TPSA) is 97.7 Å². The SMILES string of the molecule is COc1cccc(C(=O)Nc2ccc(S(=O)(=O)N3CC4CC(C3)c3cccc(=O)n3C4)cc2)c1. The van der Waals surface area contributed by atoms with E-state index in [4.69, 9.17) is 4.74 Å². The number of sulfonamides is 1. The first-order chi connectivity index (χ1) is 16.3. The van der Waals surface area contributed by atoms with Gasteiger partial charge in [0.2, 0.25) is 10.0 Å². The summed E-state index contributed by atoms with van der Waals surface area (Å²) in [6.45, 7) is 1.26. The Morgan fingerprint density at radius 1 is 1.00 bits per heavy atom. The first-order valence-corrected chi connectivity index (χ1v) is 12.5. The Morgan fingerprint density at radius 2 is 1.76 bits per heavy atom. The molecule has 1 N–H and O–H groups in total. The summed E-state index contributed by atoms with van der Waals surface area (Å²) in [5.41, 5.74) is 1.81. The van der Waals surface area contributed by atoms with E-state index in [0.29, 0.717) is 36.6 Å².